The summed E-state index contributed by atoms with van der Waals surface area (Å²) in [7, 11) is -0.134. The molecule has 8 unspecified atom stereocenters. The summed E-state index contributed by atoms with van der Waals surface area (Å²) in [6.07, 6.45) is 34.8. The van der Waals surface area contributed by atoms with Crippen LogP contribution in [0.1, 0.15) is 98.3 Å². The molecular formula is C41H49BO2. The minimum atomic E-state index is -0.289. The van der Waals surface area contributed by atoms with Crippen LogP contribution in [0.3, 0.4) is 0 Å². The zero-order chi connectivity index (χ0) is 29.6. The van der Waals surface area contributed by atoms with Crippen LogP contribution in [-0.2, 0) is 9.31 Å². The second kappa shape index (κ2) is 9.04. The van der Waals surface area contributed by atoms with E-state index in [9.17, 15) is 0 Å². The Morgan fingerprint density at radius 3 is 2.48 bits per heavy atom. The first-order valence-corrected chi connectivity index (χ1v) is 18.3. The highest BCUT2D eigenvalue weighted by atomic mass is 16.7. The molecule has 2 nitrogen and oxygen atoms in total. The predicted octanol–water partition coefficient (Wildman–Crippen LogP) is 9.96. The van der Waals surface area contributed by atoms with Gasteiger partial charge in [-0.25, -0.2) is 0 Å². The van der Waals surface area contributed by atoms with Crippen LogP contribution in [-0.4, -0.2) is 18.3 Å². The minimum absolute atomic E-state index is 0.134. The van der Waals surface area contributed by atoms with Crippen molar-refractivity contribution >= 4 is 7.12 Å². The highest BCUT2D eigenvalue weighted by Crippen LogP contribution is 2.76. The average molecular weight is 585 g/mol. The van der Waals surface area contributed by atoms with Gasteiger partial charge in [-0.2, -0.15) is 0 Å². The van der Waals surface area contributed by atoms with E-state index in [1.165, 1.54) is 64.2 Å². The molecule has 0 aromatic heterocycles. The molecule has 9 aliphatic carbocycles. The SMILES string of the molecule is CC1(C)OB(C2CC=CC3C2C2C=CCCC2C32C3=C(CCC=C3)C3=C4C=CCC5C6=C(CCCC6)C(=C45)CC32)OC1(C)C. The molecule has 228 valence electrons. The predicted molar refractivity (Wildman–Crippen MR) is 179 cm³/mol. The lowest BCUT2D eigenvalue weighted by atomic mass is 9.52. The third-order valence-electron chi connectivity index (χ3n) is 14.9. The maximum atomic E-state index is 6.89. The molecule has 10 aliphatic rings. The quantitative estimate of drug-likeness (QED) is 0.226. The summed E-state index contributed by atoms with van der Waals surface area (Å²) in [4.78, 5) is 0. The van der Waals surface area contributed by atoms with Crippen LogP contribution in [0.2, 0.25) is 5.82 Å². The first-order chi connectivity index (χ1) is 21.3. The summed E-state index contributed by atoms with van der Waals surface area (Å²) >= 11 is 0. The second-order valence-electron chi connectivity index (χ2n) is 16.9. The fraction of sp³-hybridized carbons (Fsp3) is 0.610. The standard InChI is InChI=1S/C41H49BO2/c1-39(2)40(3,4)44-42(43-39)35-22-12-21-33-38(35)28-16-8-10-20-32(28)41(33)31-19-9-7-15-27(31)37-29-18-11-17-26-24-13-5-6-14-25(24)30(36(26)29)23-34(37)41/h8-9,11-12,16,18-19,21,26,28,32-35,38H,5-7,10,13-15,17,20,22-23H2,1-4H3. The number of allylic oxidation sites excluding steroid dienone is 16. The van der Waals surface area contributed by atoms with Crippen molar-refractivity contribution in [1.82, 2.24) is 0 Å². The van der Waals surface area contributed by atoms with Gasteiger partial charge in [0.2, 0.25) is 0 Å². The van der Waals surface area contributed by atoms with E-state index < -0.39 is 0 Å². The van der Waals surface area contributed by atoms with Gasteiger partial charge in [-0.1, -0.05) is 54.2 Å². The minimum Gasteiger partial charge on any atom is -0.403 e. The molecule has 1 spiro atoms. The van der Waals surface area contributed by atoms with Crippen LogP contribution in [0.25, 0.3) is 0 Å². The molecule has 2 fully saturated rings. The van der Waals surface area contributed by atoms with Gasteiger partial charge < -0.3 is 9.31 Å². The normalized spacial score (nSPS) is 43.5. The van der Waals surface area contributed by atoms with Gasteiger partial charge in [-0.3, -0.25) is 0 Å². The second-order valence-corrected chi connectivity index (χ2v) is 16.9. The third-order valence-corrected chi connectivity index (χ3v) is 14.9. The van der Waals surface area contributed by atoms with E-state index in [4.69, 9.17) is 9.31 Å². The van der Waals surface area contributed by atoms with Gasteiger partial charge in [0.1, 0.15) is 0 Å². The van der Waals surface area contributed by atoms with Crippen molar-refractivity contribution in [3.63, 3.8) is 0 Å². The van der Waals surface area contributed by atoms with E-state index in [2.05, 4.69) is 76.3 Å². The van der Waals surface area contributed by atoms with E-state index in [-0.39, 0.29) is 23.7 Å². The molecule has 1 saturated carbocycles. The molecule has 0 aromatic carbocycles. The Balaban J connectivity index is 1.17. The average Bonchev–Trinajstić information content (AvgIpc) is 3.69. The number of fused-ring (bicyclic) bond motifs is 11. The number of rotatable bonds is 1. The largest absolute Gasteiger partial charge is 0.461 e. The van der Waals surface area contributed by atoms with E-state index in [1.54, 1.807) is 27.9 Å². The molecule has 44 heavy (non-hydrogen) atoms. The summed E-state index contributed by atoms with van der Waals surface area (Å²) in [5, 5.41) is 0. The van der Waals surface area contributed by atoms with Crippen LogP contribution in [0.5, 0.6) is 0 Å². The van der Waals surface area contributed by atoms with Crippen LogP contribution in [0.4, 0.5) is 0 Å². The topological polar surface area (TPSA) is 18.5 Å². The van der Waals surface area contributed by atoms with E-state index >= 15 is 0 Å². The molecule has 0 N–H and O–H groups in total. The summed E-state index contributed by atoms with van der Waals surface area (Å²) in [5.74, 6) is 4.02. The smallest absolute Gasteiger partial charge is 0.403 e. The van der Waals surface area contributed by atoms with Crippen molar-refractivity contribution < 1.29 is 9.31 Å². The Bertz CT molecular complexity index is 1590. The van der Waals surface area contributed by atoms with E-state index in [0.717, 1.165) is 6.42 Å². The lowest BCUT2D eigenvalue weighted by Gasteiger charge is -2.48. The van der Waals surface area contributed by atoms with Gasteiger partial charge in [0.15, 0.2) is 0 Å². The highest BCUT2D eigenvalue weighted by Gasteiger charge is 2.70. The lowest BCUT2D eigenvalue weighted by molar-refractivity contribution is 0.00578. The molecule has 8 atom stereocenters. The van der Waals surface area contributed by atoms with Gasteiger partial charge in [0.05, 0.1) is 11.2 Å². The van der Waals surface area contributed by atoms with Crippen molar-refractivity contribution in [1.29, 1.82) is 0 Å². The van der Waals surface area contributed by atoms with Crippen LogP contribution >= 0.6 is 0 Å². The van der Waals surface area contributed by atoms with Gasteiger partial charge >= 0.3 is 7.12 Å². The maximum absolute atomic E-state index is 6.89. The van der Waals surface area contributed by atoms with Gasteiger partial charge in [0, 0.05) is 17.2 Å². The van der Waals surface area contributed by atoms with Crippen molar-refractivity contribution in [3.8, 4) is 0 Å². The number of hydrogen-bond donors (Lipinski definition) is 0. The third kappa shape index (κ3) is 3.18. The summed E-state index contributed by atoms with van der Waals surface area (Å²) in [6.45, 7) is 8.93. The van der Waals surface area contributed by atoms with Crippen molar-refractivity contribution in [2.75, 3.05) is 0 Å². The van der Waals surface area contributed by atoms with Gasteiger partial charge in [0.25, 0.3) is 0 Å². The molecule has 0 bridgehead atoms. The fourth-order valence-corrected chi connectivity index (χ4v) is 12.7. The Morgan fingerprint density at radius 2 is 1.61 bits per heavy atom. The lowest BCUT2D eigenvalue weighted by Crippen LogP contribution is -2.43. The summed E-state index contributed by atoms with van der Waals surface area (Å²) in [6, 6.07) is 0. The van der Waals surface area contributed by atoms with Crippen molar-refractivity contribution in [2.45, 2.75) is 115 Å². The molecule has 3 heteroatoms. The van der Waals surface area contributed by atoms with Crippen LogP contribution in [0, 0.1) is 40.9 Å². The first kappa shape index (κ1) is 27.1. The first-order valence-electron chi connectivity index (χ1n) is 18.3. The van der Waals surface area contributed by atoms with Crippen LogP contribution < -0.4 is 0 Å². The molecule has 0 amide bonds. The molecule has 0 aromatic rings. The Labute approximate surface area is 265 Å². The summed E-state index contributed by atoms with van der Waals surface area (Å²) in [5.41, 5.74) is 13.8. The monoisotopic (exact) mass is 584 g/mol. The molecule has 0 radical (unpaired) electrons. The zero-order valence-corrected chi connectivity index (χ0v) is 27.3. The van der Waals surface area contributed by atoms with E-state index in [0.29, 0.717) is 41.3 Å². The van der Waals surface area contributed by atoms with Crippen molar-refractivity contribution in [3.05, 3.63) is 93.2 Å². The highest BCUT2D eigenvalue weighted by molar-refractivity contribution is 6.47. The molecule has 1 heterocycles. The Morgan fingerprint density at radius 1 is 0.773 bits per heavy atom. The van der Waals surface area contributed by atoms with Crippen molar-refractivity contribution in [2.24, 2.45) is 40.9 Å². The summed E-state index contributed by atoms with van der Waals surface area (Å²) < 4.78 is 13.8. The molecular weight excluding hydrogens is 535 g/mol. The van der Waals surface area contributed by atoms with Crippen LogP contribution in [0.15, 0.2) is 93.2 Å². The zero-order valence-electron chi connectivity index (χ0n) is 27.3. The van der Waals surface area contributed by atoms with Gasteiger partial charge in [-0.15, -0.1) is 0 Å². The van der Waals surface area contributed by atoms with E-state index in [1.807, 2.05) is 16.7 Å². The van der Waals surface area contributed by atoms with Gasteiger partial charge in [-0.05, 0) is 167 Å². The molecule has 10 rings (SSSR count). The maximum Gasteiger partial charge on any atom is 0.461 e. The molecule has 1 saturated heterocycles. The number of hydrogen-bond acceptors (Lipinski definition) is 2. The Kier molecular flexibility index (Phi) is 5.56. The fourth-order valence-electron chi connectivity index (χ4n) is 12.7. The molecule has 1 aliphatic heterocycles. The Hall–Kier alpha value is -2.10.